The van der Waals surface area contributed by atoms with Gasteiger partial charge in [-0.25, -0.2) is 4.68 Å². The molecule has 1 aromatic heterocycles. The van der Waals surface area contributed by atoms with E-state index in [9.17, 15) is 14.7 Å². The summed E-state index contributed by atoms with van der Waals surface area (Å²) >= 11 is 6.24. The van der Waals surface area contributed by atoms with Crippen molar-refractivity contribution in [2.45, 2.75) is 164 Å². The van der Waals surface area contributed by atoms with Gasteiger partial charge in [0.25, 0.3) is 5.56 Å². The average Bonchev–Trinajstić information content (AvgIpc) is 3.62. The molecule has 2 saturated carbocycles. The fourth-order valence-corrected chi connectivity index (χ4v) is 11.3. The Labute approximate surface area is 319 Å². The Morgan fingerprint density at radius 2 is 1.71 bits per heavy atom. The summed E-state index contributed by atoms with van der Waals surface area (Å²) in [5, 5.41) is 11.5. The highest BCUT2D eigenvalue weighted by Gasteiger charge is 2.55. The minimum atomic E-state index is -0.932. The molecular weight excluding hydrogens is 668 g/mol. The third-order valence-electron chi connectivity index (χ3n) is 14.9. The predicted octanol–water partition coefficient (Wildman–Crippen LogP) is 11.0. The number of hydrogen-bond acceptors (Lipinski definition) is 4. The summed E-state index contributed by atoms with van der Waals surface area (Å²) in [5.41, 5.74) is 4.88. The maximum Gasteiger partial charge on any atom is 0.271 e. The lowest BCUT2D eigenvalue weighted by atomic mass is 9.46. The highest BCUT2D eigenvalue weighted by atomic mass is 35.5. The summed E-state index contributed by atoms with van der Waals surface area (Å²) in [6.07, 6.45) is 13.4. The third-order valence-corrected chi connectivity index (χ3v) is 15.1. The van der Waals surface area contributed by atoms with Crippen molar-refractivity contribution in [2.24, 2.45) is 47.0 Å². The molecule has 1 heterocycles. The van der Waals surface area contributed by atoms with E-state index < -0.39 is 11.7 Å². The summed E-state index contributed by atoms with van der Waals surface area (Å²) < 4.78 is 10.2. The van der Waals surface area contributed by atoms with E-state index in [0.29, 0.717) is 35.1 Å². The molecule has 0 aliphatic heterocycles. The Kier molecular flexibility index (Phi) is 12.5. The van der Waals surface area contributed by atoms with Gasteiger partial charge >= 0.3 is 0 Å². The number of allylic oxidation sites excluding steroid dienone is 2. The summed E-state index contributed by atoms with van der Waals surface area (Å²) in [5.74, 6) is 2.21. The molecule has 290 valence electrons. The Morgan fingerprint density at radius 1 is 1.04 bits per heavy atom. The van der Waals surface area contributed by atoms with E-state index in [1.165, 1.54) is 25.0 Å². The molecule has 0 radical (unpaired) electrons. The molecule has 52 heavy (non-hydrogen) atoms. The van der Waals surface area contributed by atoms with Crippen LogP contribution in [0.1, 0.15) is 151 Å². The number of carbonyl (C=O) groups excluding carboxylic acids is 1. The van der Waals surface area contributed by atoms with E-state index in [1.54, 1.807) is 11.1 Å². The molecule has 0 spiro atoms. The number of hydrogen-bond donors (Lipinski definition) is 1. The fraction of sp³-hybridized carbons (Fsp3) is 0.733. The number of fused-ring (bicyclic) bond motifs is 2. The molecule has 3 aliphatic carbocycles. The Balaban J connectivity index is 1.46. The van der Waals surface area contributed by atoms with E-state index in [-0.39, 0.29) is 27.9 Å². The Bertz CT molecular complexity index is 1640. The number of aliphatic hydroxyl groups is 1. The van der Waals surface area contributed by atoms with E-state index in [1.807, 2.05) is 48.9 Å². The number of nitrogens with zero attached hydrogens (tertiary/aromatic N) is 2. The van der Waals surface area contributed by atoms with Crippen LogP contribution in [0, 0.1) is 39.9 Å². The van der Waals surface area contributed by atoms with Crippen molar-refractivity contribution >= 4 is 17.9 Å². The third kappa shape index (κ3) is 7.83. The molecule has 0 amide bonds. The van der Waals surface area contributed by atoms with Crippen molar-refractivity contribution in [3.05, 3.63) is 62.5 Å². The summed E-state index contributed by atoms with van der Waals surface area (Å²) in [6, 6.07) is 9.56. The summed E-state index contributed by atoms with van der Waals surface area (Å²) in [6.45, 7) is 20.8. The van der Waals surface area contributed by atoms with Gasteiger partial charge in [0.15, 0.2) is 6.29 Å². The van der Waals surface area contributed by atoms with Gasteiger partial charge in [0.1, 0.15) is 6.29 Å². The van der Waals surface area contributed by atoms with Gasteiger partial charge in [0.2, 0.25) is 0 Å². The molecule has 2 aromatic rings. The summed E-state index contributed by atoms with van der Waals surface area (Å²) in [4.78, 5) is 25.3. The Hall–Kier alpha value is -2.15. The van der Waals surface area contributed by atoms with Crippen LogP contribution in [-0.2, 0) is 22.0 Å². The maximum atomic E-state index is 13.8. The maximum absolute atomic E-state index is 13.8. The normalized spacial score (nSPS) is 31.3. The standard InChI is InChI=1S/C45H69ClN2O4/c1-11-35(52-41(51)28-42(6,7)29-49)21-24-44(9)31(4)19-23-43(8)32(5)20-25-45(26-22-36(30(2)3)37(45)13-12-14-38(43)44)39-27-40(50)48(47(39)10)34-17-15-33(46)16-18-34/h15-18,27,29-32,35,38,41,51H,11-14,19-26,28H2,1-10H3/t31-,32-,35?,38?,41?,43?,44?,45?/m1/s1. The number of aromatic nitrogens is 2. The van der Waals surface area contributed by atoms with E-state index in [4.69, 9.17) is 16.3 Å². The van der Waals surface area contributed by atoms with Crippen LogP contribution in [0.3, 0.4) is 0 Å². The average molecular weight is 738 g/mol. The van der Waals surface area contributed by atoms with Crippen LogP contribution in [0.2, 0.25) is 5.02 Å². The Morgan fingerprint density at radius 3 is 2.35 bits per heavy atom. The van der Waals surface area contributed by atoms with Crippen LogP contribution in [0.25, 0.3) is 5.69 Å². The second-order valence-electron chi connectivity index (χ2n) is 18.7. The van der Waals surface area contributed by atoms with Crippen LogP contribution in [0.5, 0.6) is 0 Å². The minimum absolute atomic E-state index is 0.0232. The van der Waals surface area contributed by atoms with Crippen LogP contribution in [0.4, 0.5) is 0 Å². The topological polar surface area (TPSA) is 73.5 Å². The van der Waals surface area contributed by atoms with Gasteiger partial charge in [-0.1, -0.05) is 85.1 Å². The van der Waals surface area contributed by atoms with Crippen molar-refractivity contribution < 1.29 is 14.6 Å². The number of carbonyl (C=O) groups is 1. The highest BCUT2D eigenvalue weighted by molar-refractivity contribution is 6.30. The molecule has 7 heteroatoms. The lowest BCUT2D eigenvalue weighted by Gasteiger charge is -2.59. The number of halogens is 1. The second-order valence-corrected chi connectivity index (χ2v) is 19.2. The highest BCUT2D eigenvalue weighted by Crippen LogP contribution is 2.63. The monoisotopic (exact) mass is 736 g/mol. The van der Waals surface area contributed by atoms with Crippen LogP contribution in [-0.4, -0.2) is 33.2 Å². The number of ether oxygens (including phenoxy) is 1. The summed E-state index contributed by atoms with van der Waals surface area (Å²) in [7, 11) is 2.08. The van der Waals surface area contributed by atoms with Crippen LogP contribution < -0.4 is 5.56 Å². The SMILES string of the molecule is CCC(CCC1(C)C2CCCC3=C(C(C)C)CCC3(c3cc(=O)n(-c4ccc(Cl)cc4)n3C)CC[C@@H](C)C2(C)CC[C@H]1C)OC(O)CC(C)(C)C=O. The van der Waals surface area contributed by atoms with Gasteiger partial charge in [0, 0.05) is 35.4 Å². The fourth-order valence-electron chi connectivity index (χ4n) is 11.2. The van der Waals surface area contributed by atoms with Gasteiger partial charge in [-0.15, -0.1) is 0 Å². The first-order valence-corrected chi connectivity index (χ1v) is 20.9. The van der Waals surface area contributed by atoms with Gasteiger partial charge in [0.05, 0.1) is 17.5 Å². The predicted molar refractivity (Wildman–Crippen MR) is 214 cm³/mol. The molecule has 5 rings (SSSR count). The molecule has 0 bridgehead atoms. The zero-order valence-corrected chi connectivity index (χ0v) is 34.8. The van der Waals surface area contributed by atoms with Crippen molar-refractivity contribution in [3.63, 3.8) is 0 Å². The van der Waals surface area contributed by atoms with Gasteiger partial charge in [-0.05, 0) is 136 Å². The van der Waals surface area contributed by atoms with Crippen molar-refractivity contribution in [2.75, 3.05) is 0 Å². The molecule has 3 aliphatic rings. The molecule has 6 nitrogen and oxygen atoms in total. The molecule has 8 atom stereocenters. The van der Waals surface area contributed by atoms with E-state index in [0.717, 1.165) is 69.8 Å². The first-order valence-electron chi connectivity index (χ1n) is 20.5. The molecule has 6 unspecified atom stereocenters. The zero-order valence-electron chi connectivity index (χ0n) is 34.1. The van der Waals surface area contributed by atoms with E-state index in [2.05, 4.69) is 60.2 Å². The lowest BCUT2D eigenvalue weighted by Crippen LogP contribution is -2.51. The largest absolute Gasteiger partial charge is 0.368 e. The molecule has 0 saturated heterocycles. The quantitative estimate of drug-likeness (QED) is 0.134. The van der Waals surface area contributed by atoms with Gasteiger partial charge in [-0.2, -0.15) is 0 Å². The van der Waals surface area contributed by atoms with Crippen molar-refractivity contribution in [3.8, 4) is 5.69 Å². The first kappa shape index (κ1) is 41.0. The smallest absolute Gasteiger partial charge is 0.271 e. The number of aliphatic hydroxyl groups excluding tert-OH is 1. The number of rotatable bonds is 12. The number of benzene rings is 1. The first-order chi connectivity index (χ1) is 24.4. The molecule has 2 fully saturated rings. The van der Waals surface area contributed by atoms with Gasteiger partial charge < -0.3 is 14.6 Å². The van der Waals surface area contributed by atoms with Crippen LogP contribution in [0.15, 0.2) is 46.3 Å². The number of aldehydes is 1. The molecular formula is C45H69ClN2O4. The lowest BCUT2D eigenvalue weighted by molar-refractivity contribution is -0.162. The minimum Gasteiger partial charge on any atom is -0.368 e. The molecule has 1 N–H and O–H groups in total. The van der Waals surface area contributed by atoms with Crippen molar-refractivity contribution in [1.29, 1.82) is 0 Å². The van der Waals surface area contributed by atoms with Gasteiger partial charge in [-0.3, -0.25) is 9.48 Å². The van der Waals surface area contributed by atoms with Crippen LogP contribution >= 0.6 is 11.6 Å². The second kappa shape index (κ2) is 15.9. The van der Waals surface area contributed by atoms with Crippen molar-refractivity contribution in [1.82, 2.24) is 9.36 Å². The zero-order chi connectivity index (χ0) is 38.2. The van der Waals surface area contributed by atoms with E-state index >= 15 is 0 Å². The molecule has 1 aromatic carbocycles.